The SMILES string of the molecule is CO[C@@H]1C[C@@H](COc2cccnc2)N(C(=O)C=C(C2CC2)C2CC2)C1. The highest BCUT2D eigenvalue weighted by Crippen LogP contribution is 2.48. The highest BCUT2D eigenvalue weighted by atomic mass is 16.5. The summed E-state index contributed by atoms with van der Waals surface area (Å²) in [6.45, 7) is 1.13. The highest BCUT2D eigenvalue weighted by molar-refractivity contribution is 5.89. The lowest BCUT2D eigenvalue weighted by molar-refractivity contribution is -0.127. The number of ether oxygens (including phenoxy) is 2. The Balaban J connectivity index is 1.43. The van der Waals surface area contributed by atoms with E-state index < -0.39 is 0 Å². The average Bonchev–Trinajstić information content (AvgIpc) is 3.56. The van der Waals surface area contributed by atoms with E-state index in [4.69, 9.17) is 9.47 Å². The third-order valence-electron chi connectivity index (χ3n) is 5.46. The van der Waals surface area contributed by atoms with Gasteiger partial charge in [0.1, 0.15) is 12.4 Å². The van der Waals surface area contributed by atoms with Crippen LogP contribution < -0.4 is 4.74 Å². The number of nitrogens with zero attached hydrogens (tertiary/aromatic N) is 2. The molecule has 0 radical (unpaired) electrons. The van der Waals surface area contributed by atoms with Crippen molar-refractivity contribution in [2.24, 2.45) is 11.8 Å². The lowest BCUT2D eigenvalue weighted by atomic mass is 10.1. The van der Waals surface area contributed by atoms with Gasteiger partial charge in [-0.25, -0.2) is 0 Å². The quantitative estimate of drug-likeness (QED) is 0.715. The zero-order valence-electron chi connectivity index (χ0n) is 14.8. The molecule has 0 unspecified atom stereocenters. The molecule has 5 nitrogen and oxygen atoms in total. The second-order valence-electron chi connectivity index (χ2n) is 7.43. The van der Waals surface area contributed by atoms with Crippen LogP contribution in [-0.2, 0) is 9.53 Å². The van der Waals surface area contributed by atoms with Gasteiger partial charge in [0.15, 0.2) is 0 Å². The van der Waals surface area contributed by atoms with Gasteiger partial charge < -0.3 is 14.4 Å². The number of amides is 1. The second-order valence-corrected chi connectivity index (χ2v) is 7.43. The zero-order valence-corrected chi connectivity index (χ0v) is 14.8. The molecule has 1 aromatic rings. The fraction of sp³-hybridized carbons (Fsp3) is 0.600. The molecule has 2 atom stereocenters. The third-order valence-corrected chi connectivity index (χ3v) is 5.46. The maximum atomic E-state index is 12.9. The Morgan fingerprint density at radius 1 is 1.32 bits per heavy atom. The van der Waals surface area contributed by atoms with Crippen LogP contribution >= 0.6 is 0 Å². The number of likely N-dealkylation sites (tertiary alicyclic amines) is 1. The predicted octanol–water partition coefficient (Wildman–Crippen LogP) is 2.82. The molecule has 134 valence electrons. The molecule has 25 heavy (non-hydrogen) atoms. The van der Waals surface area contributed by atoms with E-state index in [1.165, 1.54) is 31.3 Å². The van der Waals surface area contributed by atoms with Crippen molar-refractivity contribution in [2.75, 3.05) is 20.3 Å². The number of pyridine rings is 1. The van der Waals surface area contributed by atoms with Gasteiger partial charge in [-0.1, -0.05) is 5.57 Å². The molecule has 2 saturated carbocycles. The molecule has 1 aromatic heterocycles. The molecule has 2 aliphatic carbocycles. The van der Waals surface area contributed by atoms with Gasteiger partial charge in [0.25, 0.3) is 0 Å². The van der Waals surface area contributed by atoms with Crippen molar-refractivity contribution >= 4 is 5.91 Å². The topological polar surface area (TPSA) is 51.7 Å². The molecule has 1 amide bonds. The Bertz CT molecular complexity index is 624. The van der Waals surface area contributed by atoms with Crippen LogP contribution in [0.15, 0.2) is 36.2 Å². The van der Waals surface area contributed by atoms with Crippen molar-refractivity contribution in [1.29, 1.82) is 0 Å². The molecular weight excluding hydrogens is 316 g/mol. The Morgan fingerprint density at radius 3 is 2.68 bits per heavy atom. The smallest absolute Gasteiger partial charge is 0.246 e. The van der Waals surface area contributed by atoms with E-state index >= 15 is 0 Å². The van der Waals surface area contributed by atoms with Crippen molar-refractivity contribution < 1.29 is 14.3 Å². The Morgan fingerprint density at radius 2 is 2.08 bits per heavy atom. The summed E-state index contributed by atoms with van der Waals surface area (Å²) in [5.41, 5.74) is 1.40. The standard InChI is InChI=1S/C20H26N2O3/c1-24-18-9-16(13-25-17-3-2-8-21-11-17)22(12-18)20(23)10-19(14-4-5-14)15-6-7-15/h2-3,8,10-11,14-16,18H,4-7,9,12-13H2,1H3/t16-,18+/m0/s1. The van der Waals surface area contributed by atoms with Crippen LogP contribution in [0.1, 0.15) is 32.1 Å². The first kappa shape index (κ1) is 16.6. The minimum absolute atomic E-state index is 0.0496. The van der Waals surface area contributed by atoms with E-state index in [0.717, 1.165) is 12.2 Å². The molecule has 4 rings (SSSR count). The van der Waals surface area contributed by atoms with Crippen molar-refractivity contribution in [3.63, 3.8) is 0 Å². The van der Waals surface area contributed by atoms with Crippen LogP contribution in [0.25, 0.3) is 0 Å². The predicted molar refractivity (Wildman–Crippen MR) is 94.2 cm³/mol. The van der Waals surface area contributed by atoms with Gasteiger partial charge in [0.2, 0.25) is 5.91 Å². The van der Waals surface area contributed by atoms with E-state index in [0.29, 0.717) is 25.0 Å². The summed E-state index contributed by atoms with van der Waals surface area (Å²) in [7, 11) is 1.72. The number of carbonyl (C=O) groups is 1. The van der Waals surface area contributed by atoms with Gasteiger partial charge in [0, 0.05) is 25.9 Å². The maximum Gasteiger partial charge on any atom is 0.246 e. The zero-order chi connectivity index (χ0) is 17.2. The maximum absolute atomic E-state index is 12.9. The normalized spacial score (nSPS) is 25.7. The molecule has 1 saturated heterocycles. The molecule has 1 aliphatic heterocycles. The first-order valence-electron chi connectivity index (χ1n) is 9.32. The summed E-state index contributed by atoms with van der Waals surface area (Å²) in [6, 6.07) is 3.79. The first-order chi connectivity index (χ1) is 12.2. The van der Waals surface area contributed by atoms with E-state index in [2.05, 4.69) is 4.98 Å². The van der Waals surface area contributed by atoms with Crippen LogP contribution in [0.3, 0.4) is 0 Å². The van der Waals surface area contributed by atoms with Crippen molar-refractivity contribution in [1.82, 2.24) is 9.88 Å². The van der Waals surface area contributed by atoms with Crippen LogP contribution in [0.4, 0.5) is 0 Å². The molecule has 0 N–H and O–H groups in total. The van der Waals surface area contributed by atoms with E-state index in [1.807, 2.05) is 23.1 Å². The number of hydrogen-bond acceptors (Lipinski definition) is 4. The number of rotatable bonds is 7. The van der Waals surface area contributed by atoms with Crippen LogP contribution in [0.2, 0.25) is 0 Å². The number of carbonyl (C=O) groups excluding carboxylic acids is 1. The molecule has 2 heterocycles. The molecule has 0 aromatic carbocycles. The summed E-state index contributed by atoms with van der Waals surface area (Å²) < 4.78 is 11.4. The van der Waals surface area contributed by atoms with Gasteiger partial charge in [-0.15, -0.1) is 0 Å². The average molecular weight is 342 g/mol. The molecule has 5 heteroatoms. The summed E-state index contributed by atoms with van der Waals surface area (Å²) in [6.07, 6.45) is 11.3. The summed E-state index contributed by atoms with van der Waals surface area (Å²) in [5, 5.41) is 0. The van der Waals surface area contributed by atoms with E-state index in [-0.39, 0.29) is 18.1 Å². The van der Waals surface area contributed by atoms with E-state index in [1.54, 1.807) is 19.5 Å². The summed E-state index contributed by atoms with van der Waals surface area (Å²) >= 11 is 0. The number of methoxy groups -OCH3 is 1. The summed E-state index contributed by atoms with van der Waals surface area (Å²) in [4.78, 5) is 18.9. The number of hydrogen-bond donors (Lipinski definition) is 0. The van der Waals surface area contributed by atoms with Crippen molar-refractivity contribution in [3.05, 3.63) is 36.2 Å². The second kappa shape index (κ2) is 7.16. The first-order valence-corrected chi connectivity index (χ1v) is 9.32. The van der Waals surface area contributed by atoms with Gasteiger partial charge in [-0.2, -0.15) is 0 Å². The van der Waals surface area contributed by atoms with Crippen LogP contribution in [0.5, 0.6) is 5.75 Å². The Hall–Kier alpha value is -1.88. The van der Waals surface area contributed by atoms with Gasteiger partial charge in [-0.05, 0) is 56.1 Å². The molecule has 0 bridgehead atoms. The Labute approximate surface area is 149 Å². The number of allylic oxidation sites excluding steroid dienone is 1. The largest absolute Gasteiger partial charge is 0.490 e. The monoisotopic (exact) mass is 342 g/mol. The van der Waals surface area contributed by atoms with Gasteiger partial charge in [-0.3, -0.25) is 9.78 Å². The molecule has 3 fully saturated rings. The minimum atomic E-state index is 0.0496. The third kappa shape index (κ3) is 4.03. The highest BCUT2D eigenvalue weighted by Gasteiger charge is 2.39. The fourth-order valence-corrected chi connectivity index (χ4v) is 3.73. The molecular formula is C20H26N2O3. The molecule has 3 aliphatic rings. The van der Waals surface area contributed by atoms with Gasteiger partial charge >= 0.3 is 0 Å². The lowest BCUT2D eigenvalue weighted by Gasteiger charge is -2.23. The van der Waals surface area contributed by atoms with Crippen LogP contribution in [0, 0.1) is 11.8 Å². The lowest BCUT2D eigenvalue weighted by Crippen LogP contribution is -2.38. The van der Waals surface area contributed by atoms with Crippen molar-refractivity contribution in [2.45, 2.75) is 44.2 Å². The number of aromatic nitrogens is 1. The van der Waals surface area contributed by atoms with E-state index in [9.17, 15) is 4.79 Å². The minimum Gasteiger partial charge on any atom is -0.490 e. The van der Waals surface area contributed by atoms with Gasteiger partial charge in [0.05, 0.1) is 18.3 Å². The van der Waals surface area contributed by atoms with Crippen molar-refractivity contribution in [3.8, 4) is 5.75 Å². The Kier molecular flexibility index (Phi) is 4.75. The summed E-state index contributed by atoms with van der Waals surface area (Å²) in [5.74, 6) is 2.21. The van der Waals surface area contributed by atoms with Crippen LogP contribution in [-0.4, -0.2) is 48.2 Å². The fourth-order valence-electron chi connectivity index (χ4n) is 3.73. The molecule has 0 spiro atoms.